The van der Waals surface area contributed by atoms with Gasteiger partial charge in [0.1, 0.15) is 11.1 Å². The number of aromatic nitrogens is 5. The zero-order valence-corrected chi connectivity index (χ0v) is 20.0. The highest BCUT2D eigenvalue weighted by molar-refractivity contribution is 5.86. The maximum atomic E-state index is 12.4. The minimum atomic E-state index is -0.484. The van der Waals surface area contributed by atoms with E-state index in [4.69, 9.17) is 24.5 Å². The molecule has 0 aromatic carbocycles. The highest BCUT2D eigenvalue weighted by atomic mass is 16.6. The zero-order chi connectivity index (χ0) is 23.7. The zero-order valence-electron chi connectivity index (χ0n) is 20.0. The molecule has 3 aromatic heterocycles. The average Bonchev–Trinajstić information content (AvgIpc) is 3.33. The van der Waals surface area contributed by atoms with Crippen LogP contribution in [-0.4, -0.2) is 80.7 Å². The first-order valence-corrected chi connectivity index (χ1v) is 11.9. The smallest absolute Gasteiger partial charge is 0.410 e. The SMILES string of the molecule is CC(C)(C)OC(=O)N1CCC(c2ccn(-c3nc(N4CCOCC4)c4ncccc4n3)n2)CC1. The fraction of sp³-hybridized carbons (Fsp3) is 0.542. The molecule has 0 saturated carbocycles. The van der Waals surface area contributed by atoms with Gasteiger partial charge < -0.3 is 19.3 Å². The van der Waals surface area contributed by atoms with E-state index in [2.05, 4.69) is 9.88 Å². The van der Waals surface area contributed by atoms with E-state index in [-0.39, 0.29) is 12.0 Å². The lowest BCUT2D eigenvalue weighted by Crippen LogP contribution is -2.41. The normalized spacial score (nSPS) is 17.9. The number of pyridine rings is 1. The third-order valence-electron chi connectivity index (χ3n) is 6.11. The molecule has 0 radical (unpaired) electrons. The summed E-state index contributed by atoms with van der Waals surface area (Å²) in [6.07, 6.45) is 5.13. The Bertz CT molecular complexity index is 1160. The Morgan fingerprint density at radius 1 is 1.09 bits per heavy atom. The predicted octanol–water partition coefficient (Wildman–Crippen LogP) is 3.16. The third kappa shape index (κ3) is 4.82. The molecule has 0 N–H and O–H groups in total. The minimum absolute atomic E-state index is 0.245. The second-order valence-electron chi connectivity index (χ2n) is 9.74. The number of ether oxygens (including phenoxy) is 2. The molecule has 2 fully saturated rings. The Morgan fingerprint density at radius 2 is 1.85 bits per heavy atom. The van der Waals surface area contributed by atoms with Crippen molar-refractivity contribution in [1.82, 2.24) is 29.6 Å². The summed E-state index contributed by atoms with van der Waals surface area (Å²) in [5.41, 5.74) is 2.08. The number of morpholine rings is 1. The fourth-order valence-corrected chi connectivity index (χ4v) is 4.39. The Balaban J connectivity index is 1.34. The van der Waals surface area contributed by atoms with Crippen LogP contribution in [-0.2, 0) is 9.47 Å². The lowest BCUT2D eigenvalue weighted by Gasteiger charge is -2.32. The van der Waals surface area contributed by atoms with Crippen molar-refractivity contribution in [2.24, 2.45) is 0 Å². The van der Waals surface area contributed by atoms with E-state index in [0.717, 1.165) is 48.5 Å². The van der Waals surface area contributed by atoms with Crippen LogP contribution >= 0.6 is 0 Å². The van der Waals surface area contributed by atoms with E-state index in [1.165, 1.54) is 0 Å². The maximum Gasteiger partial charge on any atom is 0.410 e. The lowest BCUT2D eigenvalue weighted by molar-refractivity contribution is 0.0204. The molecule has 0 aliphatic carbocycles. The van der Waals surface area contributed by atoms with E-state index in [1.54, 1.807) is 15.8 Å². The molecular weight excluding hydrogens is 434 g/mol. The highest BCUT2D eigenvalue weighted by Gasteiger charge is 2.28. The van der Waals surface area contributed by atoms with Crippen LogP contribution in [0.1, 0.15) is 45.2 Å². The van der Waals surface area contributed by atoms with Gasteiger partial charge in [0.15, 0.2) is 5.82 Å². The Kier molecular flexibility index (Phi) is 6.07. The van der Waals surface area contributed by atoms with Crippen LogP contribution in [0.3, 0.4) is 0 Å². The summed E-state index contributed by atoms with van der Waals surface area (Å²) in [5.74, 6) is 1.62. The summed E-state index contributed by atoms with van der Waals surface area (Å²) in [6, 6.07) is 5.86. The van der Waals surface area contributed by atoms with Crippen LogP contribution in [0.25, 0.3) is 17.0 Å². The van der Waals surface area contributed by atoms with Gasteiger partial charge in [-0.15, -0.1) is 0 Å². The van der Waals surface area contributed by atoms with Crippen LogP contribution in [0, 0.1) is 0 Å². The molecule has 180 valence electrons. The van der Waals surface area contributed by atoms with Crippen molar-refractivity contribution in [3.8, 4) is 5.95 Å². The maximum absolute atomic E-state index is 12.4. The summed E-state index contributed by atoms with van der Waals surface area (Å²) in [4.78, 5) is 30.5. The van der Waals surface area contributed by atoms with Crippen molar-refractivity contribution in [1.29, 1.82) is 0 Å². The second-order valence-corrected chi connectivity index (χ2v) is 9.74. The number of hydrogen-bond acceptors (Lipinski definition) is 8. The van der Waals surface area contributed by atoms with Crippen LogP contribution in [0.15, 0.2) is 30.6 Å². The Labute approximate surface area is 198 Å². The van der Waals surface area contributed by atoms with E-state index < -0.39 is 5.60 Å². The molecule has 34 heavy (non-hydrogen) atoms. The number of carbonyl (C=O) groups excluding carboxylic acids is 1. The van der Waals surface area contributed by atoms with Gasteiger partial charge >= 0.3 is 6.09 Å². The molecule has 2 saturated heterocycles. The van der Waals surface area contributed by atoms with Crippen molar-refractivity contribution in [3.05, 3.63) is 36.3 Å². The first-order chi connectivity index (χ1) is 16.4. The first kappa shape index (κ1) is 22.5. The van der Waals surface area contributed by atoms with Gasteiger partial charge in [0.05, 0.1) is 24.4 Å². The van der Waals surface area contributed by atoms with Gasteiger partial charge in [0.2, 0.25) is 0 Å². The van der Waals surface area contributed by atoms with Gasteiger partial charge in [-0.1, -0.05) is 0 Å². The summed E-state index contributed by atoms with van der Waals surface area (Å²) >= 11 is 0. The Morgan fingerprint density at radius 3 is 2.59 bits per heavy atom. The van der Waals surface area contributed by atoms with Gasteiger partial charge in [-0.2, -0.15) is 10.1 Å². The molecule has 0 unspecified atom stereocenters. The quantitative estimate of drug-likeness (QED) is 0.582. The number of hydrogen-bond donors (Lipinski definition) is 0. The summed E-state index contributed by atoms with van der Waals surface area (Å²) < 4.78 is 12.8. The van der Waals surface area contributed by atoms with E-state index in [0.29, 0.717) is 32.3 Å². The molecule has 1 amide bonds. The topological polar surface area (TPSA) is 98.5 Å². The number of likely N-dealkylation sites (tertiary alicyclic amines) is 1. The summed E-state index contributed by atoms with van der Waals surface area (Å²) in [7, 11) is 0. The molecule has 5 heterocycles. The molecule has 2 aliphatic heterocycles. The van der Waals surface area contributed by atoms with Gasteiger partial charge in [-0.05, 0) is 51.8 Å². The first-order valence-electron chi connectivity index (χ1n) is 11.9. The number of anilines is 1. The lowest BCUT2D eigenvalue weighted by atomic mass is 9.94. The molecule has 0 bridgehead atoms. The molecule has 10 heteroatoms. The van der Waals surface area contributed by atoms with Gasteiger partial charge in [-0.25, -0.2) is 14.5 Å². The summed E-state index contributed by atoms with van der Waals surface area (Å²) in [5, 5.41) is 4.82. The molecule has 2 aliphatic rings. The van der Waals surface area contributed by atoms with Crippen molar-refractivity contribution >= 4 is 22.9 Å². The van der Waals surface area contributed by atoms with Crippen molar-refractivity contribution in [3.63, 3.8) is 0 Å². The van der Waals surface area contributed by atoms with E-state index >= 15 is 0 Å². The van der Waals surface area contributed by atoms with Gasteiger partial charge in [0.25, 0.3) is 5.95 Å². The molecule has 0 spiro atoms. The van der Waals surface area contributed by atoms with Crippen LogP contribution in [0.4, 0.5) is 10.6 Å². The third-order valence-corrected chi connectivity index (χ3v) is 6.11. The van der Waals surface area contributed by atoms with Gasteiger partial charge in [-0.3, -0.25) is 4.98 Å². The fourth-order valence-electron chi connectivity index (χ4n) is 4.39. The van der Waals surface area contributed by atoms with Crippen molar-refractivity contribution in [2.75, 3.05) is 44.3 Å². The molecule has 3 aromatic rings. The number of piperidine rings is 1. The average molecular weight is 466 g/mol. The van der Waals surface area contributed by atoms with E-state index in [1.807, 2.05) is 45.2 Å². The standard InChI is InChI=1S/C24H31N7O3/c1-24(2,3)34-23(32)30-10-6-17(7-11-30)18-8-12-31(28-18)22-26-19-5-4-9-25-20(19)21(27-22)29-13-15-33-16-14-29/h4-5,8-9,12,17H,6-7,10-11,13-16H2,1-3H3. The largest absolute Gasteiger partial charge is 0.444 e. The molecule has 10 nitrogen and oxygen atoms in total. The predicted molar refractivity (Wildman–Crippen MR) is 127 cm³/mol. The van der Waals surface area contributed by atoms with Crippen LogP contribution < -0.4 is 4.90 Å². The van der Waals surface area contributed by atoms with Gasteiger partial charge in [0, 0.05) is 44.5 Å². The number of carbonyl (C=O) groups is 1. The van der Waals surface area contributed by atoms with Crippen LogP contribution in [0.2, 0.25) is 0 Å². The summed E-state index contributed by atoms with van der Waals surface area (Å²) in [6.45, 7) is 9.85. The number of fused-ring (bicyclic) bond motifs is 1. The Hall–Kier alpha value is -3.27. The number of amides is 1. The second kappa shape index (κ2) is 9.17. The van der Waals surface area contributed by atoms with E-state index in [9.17, 15) is 4.79 Å². The molecule has 0 atom stereocenters. The highest BCUT2D eigenvalue weighted by Crippen LogP contribution is 2.29. The molecular formula is C24H31N7O3. The number of nitrogens with zero attached hydrogens (tertiary/aromatic N) is 7. The monoisotopic (exact) mass is 465 g/mol. The number of rotatable bonds is 3. The van der Waals surface area contributed by atoms with Crippen molar-refractivity contribution < 1.29 is 14.3 Å². The molecule has 5 rings (SSSR count). The van der Waals surface area contributed by atoms with Crippen molar-refractivity contribution in [2.45, 2.75) is 45.1 Å². The minimum Gasteiger partial charge on any atom is -0.444 e. The van der Waals surface area contributed by atoms with Crippen LogP contribution in [0.5, 0.6) is 0 Å².